The summed E-state index contributed by atoms with van der Waals surface area (Å²) in [6.45, 7) is 4.53. The van der Waals surface area contributed by atoms with Crippen molar-refractivity contribution in [3.8, 4) is 0 Å². The average molecular weight is 280 g/mol. The van der Waals surface area contributed by atoms with Crippen molar-refractivity contribution in [3.05, 3.63) is 24.3 Å². The van der Waals surface area contributed by atoms with E-state index in [1.807, 2.05) is 13.8 Å². The molecule has 0 aliphatic carbocycles. The van der Waals surface area contributed by atoms with E-state index in [9.17, 15) is 9.59 Å². The lowest BCUT2D eigenvalue weighted by atomic mass is 10.2. The molecular weight excluding hydrogens is 260 g/mol. The van der Waals surface area contributed by atoms with Crippen LogP contribution >= 0.6 is 0 Å². The lowest BCUT2D eigenvalue weighted by Crippen LogP contribution is -2.44. The summed E-state index contributed by atoms with van der Waals surface area (Å²) in [4.78, 5) is 32.0. The lowest BCUT2D eigenvalue weighted by molar-refractivity contribution is -0.137. The molecule has 1 aromatic rings. The fourth-order valence-electron chi connectivity index (χ4n) is 1.69. The molecule has 1 aromatic heterocycles. The van der Waals surface area contributed by atoms with Crippen molar-refractivity contribution in [2.24, 2.45) is 0 Å². The Bertz CT molecular complexity index is 437. The molecule has 2 N–H and O–H groups in total. The van der Waals surface area contributed by atoms with Gasteiger partial charge in [-0.25, -0.2) is 14.8 Å². The number of rotatable bonds is 7. The molecule has 0 radical (unpaired) electrons. The van der Waals surface area contributed by atoms with E-state index >= 15 is 0 Å². The number of carboxylic acids is 1. The molecule has 20 heavy (non-hydrogen) atoms. The first-order chi connectivity index (χ1) is 9.50. The van der Waals surface area contributed by atoms with Gasteiger partial charge in [-0.3, -0.25) is 4.79 Å². The Morgan fingerprint density at radius 3 is 2.75 bits per heavy atom. The van der Waals surface area contributed by atoms with Crippen LogP contribution in [0.3, 0.4) is 0 Å². The van der Waals surface area contributed by atoms with Gasteiger partial charge in [0.05, 0.1) is 12.2 Å². The lowest BCUT2D eigenvalue weighted by Gasteiger charge is -2.26. The predicted molar refractivity (Wildman–Crippen MR) is 73.0 cm³/mol. The van der Waals surface area contributed by atoms with Gasteiger partial charge in [0.25, 0.3) is 0 Å². The molecule has 0 saturated heterocycles. The molecule has 7 nitrogen and oxygen atoms in total. The third-order valence-corrected chi connectivity index (χ3v) is 2.74. The summed E-state index contributed by atoms with van der Waals surface area (Å²) >= 11 is 0. The fraction of sp³-hybridized carbons (Fsp3) is 0.538. The summed E-state index contributed by atoms with van der Waals surface area (Å²) in [6.07, 6.45) is 3.53. The Morgan fingerprint density at radius 2 is 2.20 bits per heavy atom. The molecule has 0 unspecified atom stereocenters. The first-order valence-corrected chi connectivity index (χ1v) is 6.52. The molecule has 0 aliphatic rings. The second kappa shape index (κ2) is 8.08. The second-order valence-corrected chi connectivity index (χ2v) is 4.64. The van der Waals surface area contributed by atoms with Crippen LogP contribution < -0.4 is 5.32 Å². The van der Waals surface area contributed by atoms with Crippen LogP contribution in [-0.4, -0.2) is 44.6 Å². The van der Waals surface area contributed by atoms with Gasteiger partial charge in [-0.05, 0) is 26.3 Å². The van der Waals surface area contributed by atoms with Crippen molar-refractivity contribution < 1.29 is 14.7 Å². The van der Waals surface area contributed by atoms with Crippen LogP contribution in [0.1, 0.15) is 32.4 Å². The smallest absolute Gasteiger partial charge is 0.317 e. The highest BCUT2D eigenvalue weighted by atomic mass is 16.4. The van der Waals surface area contributed by atoms with Crippen LogP contribution in [-0.2, 0) is 11.3 Å². The molecule has 1 rings (SSSR count). The van der Waals surface area contributed by atoms with Crippen molar-refractivity contribution in [3.63, 3.8) is 0 Å². The monoisotopic (exact) mass is 280 g/mol. The topological polar surface area (TPSA) is 95.4 Å². The number of carbonyl (C=O) groups excluding carboxylic acids is 1. The summed E-state index contributed by atoms with van der Waals surface area (Å²) < 4.78 is 0. The maximum Gasteiger partial charge on any atom is 0.317 e. The molecular formula is C13H20N4O3. The van der Waals surface area contributed by atoms with E-state index in [2.05, 4.69) is 15.3 Å². The number of amides is 2. The summed E-state index contributed by atoms with van der Waals surface area (Å²) in [5.74, 6) is -0.852. The molecule has 7 heteroatoms. The summed E-state index contributed by atoms with van der Waals surface area (Å²) in [5, 5.41) is 11.4. The van der Waals surface area contributed by atoms with Gasteiger partial charge >= 0.3 is 12.0 Å². The predicted octanol–water partition coefficient (Wildman–Crippen LogP) is 1.26. The largest absolute Gasteiger partial charge is 0.481 e. The number of carboxylic acid groups (broad SMARTS) is 1. The summed E-state index contributed by atoms with van der Waals surface area (Å²) in [7, 11) is 0. The van der Waals surface area contributed by atoms with E-state index in [0.29, 0.717) is 19.5 Å². The highest BCUT2D eigenvalue weighted by Crippen LogP contribution is 2.03. The molecule has 0 atom stereocenters. The molecule has 110 valence electrons. The number of carbonyl (C=O) groups is 2. The van der Waals surface area contributed by atoms with Crippen LogP contribution in [0, 0.1) is 0 Å². The van der Waals surface area contributed by atoms with E-state index in [0.717, 1.165) is 5.69 Å². The summed E-state index contributed by atoms with van der Waals surface area (Å²) in [6, 6.07) is 1.52. The summed E-state index contributed by atoms with van der Waals surface area (Å²) in [5.41, 5.74) is 0.725. The molecule has 2 amide bonds. The Labute approximate surface area is 118 Å². The van der Waals surface area contributed by atoms with Gasteiger partial charge < -0.3 is 15.3 Å². The first kappa shape index (κ1) is 15.9. The number of hydrogen-bond acceptors (Lipinski definition) is 4. The van der Waals surface area contributed by atoms with Crippen LogP contribution in [0.15, 0.2) is 18.6 Å². The first-order valence-electron chi connectivity index (χ1n) is 6.52. The van der Waals surface area contributed by atoms with Crippen LogP contribution in [0.5, 0.6) is 0 Å². The minimum absolute atomic E-state index is 0.00851. The van der Waals surface area contributed by atoms with E-state index in [4.69, 9.17) is 5.11 Å². The molecule has 0 fully saturated rings. The Balaban J connectivity index is 2.45. The van der Waals surface area contributed by atoms with Gasteiger partial charge in [0.15, 0.2) is 0 Å². The Kier molecular flexibility index (Phi) is 6.42. The standard InChI is InChI=1S/C13H20N4O3/c1-10(2)17(7-3-4-12(18)19)13(20)15-8-11-5-6-14-9-16-11/h5-6,9-10H,3-4,7-8H2,1-2H3,(H,15,20)(H,18,19). The van der Waals surface area contributed by atoms with Gasteiger partial charge in [0.2, 0.25) is 0 Å². The van der Waals surface area contributed by atoms with Crippen LogP contribution in [0.2, 0.25) is 0 Å². The minimum atomic E-state index is -0.852. The number of hydrogen-bond donors (Lipinski definition) is 2. The fourth-order valence-corrected chi connectivity index (χ4v) is 1.69. The number of aromatic nitrogens is 2. The van der Waals surface area contributed by atoms with Crippen molar-refractivity contribution in [2.75, 3.05) is 6.54 Å². The van der Waals surface area contributed by atoms with Crippen LogP contribution in [0.25, 0.3) is 0 Å². The third-order valence-electron chi connectivity index (χ3n) is 2.74. The number of aliphatic carboxylic acids is 1. The van der Waals surface area contributed by atoms with E-state index < -0.39 is 5.97 Å². The Morgan fingerprint density at radius 1 is 1.45 bits per heavy atom. The maximum atomic E-state index is 12.1. The normalized spacial score (nSPS) is 10.3. The highest BCUT2D eigenvalue weighted by molar-refractivity contribution is 5.74. The Hall–Kier alpha value is -2.18. The SMILES string of the molecule is CC(C)N(CCCC(=O)O)C(=O)NCc1ccncn1. The number of nitrogens with one attached hydrogen (secondary N) is 1. The second-order valence-electron chi connectivity index (χ2n) is 4.64. The van der Waals surface area contributed by atoms with Gasteiger partial charge in [-0.1, -0.05) is 0 Å². The van der Waals surface area contributed by atoms with Crippen molar-refractivity contribution in [1.82, 2.24) is 20.2 Å². The van der Waals surface area contributed by atoms with E-state index in [1.54, 1.807) is 17.2 Å². The highest BCUT2D eigenvalue weighted by Gasteiger charge is 2.16. The quantitative estimate of drug-likeness (QED) is 0.784. The molecule has 0 bridgehead atoms. The zero-order valence-electron chi connectivity index (χ0n) is 11.7. The maximum absolute atomic E-state index is 12.1. The zero-order chi connectivity index (χ0) is 15.0. The van der Waals surface area contributed by atoms with Gasteiger partial charge in [0.1, 0.15) is 6.33 Å². The number of nitrogens with zero attached hydrogens (tertiary/aromatic N) is 3. The van der Waals surface area contributed by atoms with Gasteiger partial charge in [-0.15, -0.1) is 0 Å². The van der Waals surface area contributed by atoms with Gasteiger partial charge in [0, 0.05) is 25.2 Å². The third kappa shape index (κ3) is 5.64. The molecule has 0 aliphatic heterocycles. The number of urea groups is 1. The molecule has 0 aromatic carbocycles. The van der Waals surface area contributed by atoms with E-state index in [1.165, 1.54) is 6.33 Å². The zero-order valence-corrected chi connectivity index (χ0v) is 11.7. The molecule has 0 saturated carbocycles. The molecule has 1 heterocycles. The van der Waals surface area contributed by atoms with E-state index in [-0.39, 0.29) is 18.5 Å². The van der Waals surface area contributed by atoms with Crippen LogP contribution in [0.4, 0.5) is 4.79 Å². The van der Waals surface area contributed by atoms with Crippen molar-refractivity contribution >= 4 is 12.0 Å². The van der Waals surface area contributed by atoms with Crippen molar-refractivity contribution in [1.29, 1.82) is 0 Å². The average Bonchev–Trinajstić information content (AvgIpc) is 2.41. The van der Waals surface area contributed by atoms with Crippen molar-refractivity contribution in [2.45, 2.75) is 39.3 Å². The minimum Gasteiger partial charge on any atom is -0.481 e. The van der Waals surface area contributed by atoms with Gasteiger partial charge in [-0.2, -0.15) is 0 Å². The molecule has 0 spiro atoms.